The number of alkyl halides is 2. The Hall–Kier alpha value is -0.730. The van der Waals surface area contributed by atoms with Gasteiger partial charge in [0.05, 0.1) is 0 Å². The first-order valence-electron chi connectivity index (χ1n) is 9.43. The highest BCUT2D eigenvalue weighted by Crippen LogP contribution is 2.49. The summed E-state index contributed by atoms with van der Waals surface area (Å²) in [5, 5.41) is 0. The zero-order valence-corrected chi connectivity index (χ0v) is 14.1. The van der Waals surface area contributed by atoms with E-state index in [0.717, 1.165) is 36.8 Å². The topological polar surface area (TPSA) is 0 Å². The minimum Gasteiger partial charge on any atom is -0.239 e. The zero-order valence-electron chi connectivity index (χ0n) is 14.1. The van der Waals surface area contributed by atoms with Crippen molar-refractivity contribution in [1.82, 2.24) is 0 Å². The third-order valence-corrected chi connectivity index (χ3v) is 6.79. The van der Waals surface area contributed by atoms with Gasteiger partial charge < -0.3 is 0 Å². The molecule has 0 nitrogen and oxygen atoms in total. The largest absolute Gasteiger partial charge is 0.239 e. The second-order valence-electron chi connectivity index (χ2n) is 7.87. The number of hydrogen-bond acceptors (Lipinski definition) is 0. The Balaban J connectivity index is 1.56. The van der Waals surface area contributed by atoms with Gasteiger partial charge >= 0.3 is 0 Å². The second kappa shape index (κ2) is 7.03. The van der Waals surface area contributed by atoms with Crippen molar-refractivity contribution in [2.24, 2.45) is 23.7 Å². The molecule has 3 aliphatic rings. The molecule has 3 rings (SSSR count). The summed E-state index contributed by atoms with van der Waals surface area (Å²) in [4.78, 5) is 0. The van der Waals surface area contributed by atoms with Crippen molar-refractivity contribution < 1.29 is 13.2 Å². The van der Waals surface area contributed by atoms with E-state index < -0.39 is 23.6 Å². The molecule has 23 heavy (non-hydrogen) atoms. The third kappa shape index (κ3) is 3.25. The van der Waals surface area contributed by atoms with Crippen molar-refractivity contribution in [2.45, 2.75) is 76.6 Å². The summed E-state index contributed by atoms with van der Waals surface area (Å²) in [6.45, 7) is 2.27. The van der Waals surface area contributed by atoms with Gasteiger partial charge in [-0.2, -0.15) is 0 Å². The van der Waals surface area contributed by atoms with Crippen LogP contribution < -0.4 is 0 Å². The van der Waals surface area contributed by atoms with Gasteiger partial charge in [0.25, 0.3) is 0 Å². The molecule has 0 N–H and O–H groups in total. The summed E-state index contributed by atoms with van der Waals surface area (Å²) < 4.78 is 43.1. The number of allylic oxidation sites excluding steroid dienone is 4. The molecular formula is C20H29F3. The molecule has 0 spiro atoms. The van der Waals surface area contributed by atoms with Crippen molar-refractivity contribution in [3.8, 4) is 0 Å². The van der Waals surface area contributed by atoms with Crippen LogP contribution >= 0.6 is 0 Å². The third-order valence-electron chi connectivity index (χ3n) is 6.79. The quantitative estimate of drug-likeness (QED) is 0.557. The van der Waals surface area contributed by atoms with Crippen LogP contribution in [0.4, 0.5) is 13.2 Å². The van der Waals surface area contributed by atoms with Crippen molar-refractivity contribution in [3.05, 3.63) is 24.1 Å². The Morgan fingerprint density at radius 3 is 2.09 bits per heavy atom. The summed E-state index contributed by atoms with van der Waals surface area (Å²) in [5.74, 6) is 0.845. The van der Waals surface area contributed by atoms with Crippen LogP contribution in [0.1, 0.15) is 64.7 Å². The number of hydrogen-bond donors (Lipinski definition) is 0. The van der Waals surface area contributed by atoms with Crippen LogP contribution in [0.25, 0.3) is 0 Å². The summed E-state index contributed by atoms with van der Waals surface area (Å²) in [5.41, 5.74) is -2.42. The van der Waals surface area contributed by atoms with Gasteiger partial charge in [-0.1, -0.05) is 32.3 Å². The molecule has 2 atom stereocenters. The van der Waals surface area contributed by atoms with Gasteiger partial charge in [0.1, 0.15) is 5.83 Å². The first kappa shape index (κ1) is 17.1. The lowest BCUT2D eigenvalue weighted by Gasteiger charge is -2.42. The predicted octanol–water partition coefficient (Wildman–Crippen LogP) is 6.48. The highest BCUT2D eigenvalue weighted by Gasteiger charge is 2.51. The molecular weight excluding hydrogens is 297 g/mol. The Labute approximate surface area is 138 Å². The van der Waals surface area contributed by atoms with Gasteiger partial charge in [0.15, 0.2) is 11.8 Å². The number of halogens is 3. The molecule has 130 valence electrons. The Bertz CT molecular complexity index is 454. The molecule has 0 aromatic rings. The molecule has 0 amide bonds. The van der Waals surface area contributed by atoms with Gasteiger partial charge in [0, 0.05) is 5.92 Å². The molecule has 0 heterocycles. The standard InChI is InChI=1S/C20H29F3/c1-2-14-6-8-15(9-7-14)16-10-12-17(13-11-16)20(23)18(21)4-3-5-19(20)22/h3-5,14-18H,2,6-13H2,1H3. The average Bonchev–Trinajstić information content (AvgIpc) is 2.60. The van der Waals surface area contributed by atoms with Crippen LogP contribution in [0, 0.1) is 23.7 Å². The van der Waals surface area contributed by atoms with Gasteiger partial charge in [-0.15, -0.1) is 0 Å². The Morgan fingerprint density at radius 1 is 1.00 bits per heavy atom. The van der Waals surface area contributed by atoms with E-state index in [0.29, 0.717) is 18.8 Å². The lowest BCUT2D eigenvalue weighted by molar-refractivity contribution is -0.00252. The van der Waals surface area contributed by atoms with E-state index in [1.54, 1.807) is 0 Å². The summed E-state index contributed by atoms with van der Waals surface area (Å²) >= 11 is 0. The maximum absolute atomic E-state index is 15.0. The van der Waals surface area contributed by atoms with Crippen LogP contribution in [-0.4, -0.2) is 11.8 Å². The molecule has 0 radical (unpaired) electrons. The maximum Gasteiger partial charge on any atom is 0.199 e. The molecule has 2 unspecified atom stereocenters. The molecule has 0 aliphatic heterocycles. The summed E-state index contributed by atoms with van der Waals surface area (Å²) in [6.07, 6.45) is 11.3. The van der Waals surface area contributed by atoms with E-state index >= 15 is 4.39 Å². The van der Waals surface area contributed by atoms with Crippen LogP contribution in [0.2, 0.25) is 0 Å². The smallest absolute Gasteiger partial charge is 0.199 e. The first-order chi connectivity index (χ1) is 11.1. The molecule has 3 aliphatic carbocycles. The molecule has 2 saturated carbocycles. The van der Waals surface area contributed by atoms with Crippen molar-refractivity contribution in [1.29, 1.82) is 0 Å². The van der Waals surface area contributed by atoms with E-state index in [2.05, 4.69) is 6.92 Å². The maximum atomic E-state index is 15.0. The normalized spacial score (nSPS) is 44.9. The van der Waals surface area contributed by atoms with Crippen LogP contribution in [0.3, 0.4) is 0 Å². The van der Waals surface area contributed by atoms with Crippen molar-refractivity contribution in [3.63, 3.8) is 0 Å². The Kier molecular flexibility index (Phi) is 5.22. The van der Waals surface area contributed by atoms with Crippen LogP contribution in [0.5, 0.6) is 0 Å². The summed E-state index contributed by atoms with van der Waals surface area (Å²) in [6, 6.07) is 0. The second-order valence-corrected chi connectivity index (χ2v) is 7.87. The van der Waals surface area contributed by atoms with Crippen LogP contribution in [0.15, 0.2) is 24.1 Å². The van der Waals surface area contributed by atoms with E-state index in [1.807, 2.05) is 0 Å². The lowest BCUT2D eigenvalue weighted by atomic mass is 9.65. The van der Waals surface area contributed by atoms with E-state index in [-0.39, 0.29) is 0 Å². The summed E-state index contributed by atoms with van der Waals surface area (Å²) in [7, 11) is 0. The minimum absolute atomic E-state index is 0.512. The lowest BCUT2D eigenvalue weighted by Crippen LogP contribution is -2.45. The number of rotatable bonds is 3. The van der Waals surface area contributed by atoms with Gasteiger partial charge in [-0.05, 0) is 68.4 Å². The highest BCUT2D eigenvalue weighted by molar-refractivity contribution is 5.29. The van der Waals surface area contributed by atoms with E-state index in [1.165, 1.54) is 38.2 Å². The molecule has 2 fully saturated rings. The zero-order chi connectivity index (χ0) is 16.4. The fraction of sp³-hybridized carbons (Fsp3) is 0.800. The first-order valence-corrected chi connectivity index (χ1v) is 9.43. The van der Waals surface area contributed by atoms with Gasteiger partial charge in [-0.25, -0.2) is 13.2 Å². The molecule has 3 heteroatoms. The fourth-order valence-electron chi connectivity index (χ4n) is 5.14. The SMILES string of the molecule is CCC1CCC(C2CCC(C3(F)C(F)=CC=CC3F)CC2)CC1. The average molecular weight is 326 g/mol. The molecule has 0 aromatic carbocycles. The van der Waals surface area contributed by atoms with E-state index in [4.69, 9.17) is 0 Å². The van der Waals surface area contributed by atoms with Gasteiger partial charge in [-0.3, -0.25) is 0 Å². The highest BCUT2D eigenvalue weighted by atomic mass is 19.2. The monoisotopic (exact) mass is 326 g/mol. The molecule has 0 saturated heterocycles. The fourth-order valence-corrected chi connectivity index (χ4v) is 5.14. The Morgan fingerprint density at radius 2 is 1.57 bits per heavy atom. The van der Waals surface area contributed by atoms with Gasteiger partial charge in [0.2, 0.25) is 0 Å². The van der Waals surface area contributed by atoms with E-state index in [9.17, 15) is 8.78 Å². The molecule has 0 bridgehead atoms. The predicted molar refractivity (Wildman–Crippen MR) is 88.3 cm³/mol. The van der Waals surface area contributed by atoms with Crippen molar-refractivity contribution in [2.75, 3.05) is 0 Å². The molecule has 0 aromatic heterocycles. The van der Waals surface area contributed by atoms with Crippen LogP contribution in [-0.2, 0) is 0 Å². The minimum atomic E-state index is -2.42. The van der Waals surface area contributed by atoms with Crippen molar-refractivity contribution >= 4 is 0 Å².